The fourth-order valence-electron chi connectivity index (χ4n) is 2.62. The Morgan fingerprint density at radius 2 is 2.17 bits per heavy atom. The Morgan fingerprint density at radius 3 is 2.87 bits per heavy atom. The molecule has 3 aromatic heterocycles. The minimum absolute atomic E-state index is 0.129. The van der Waals surface area contributed by atoms with E-state index in [9.17, 15) is 4.79 Å². The predicted octanol–water partition coefficient (Wildman–Crippen LogP) is 1.95. The molecule has 3 rings (SSSR count). The average molecular weight is 312 g/mol. The molecule has 0 fully saturated rings. The second-order valence-corrected chi connectivity index (χ2v) is 5.72. The van der Waals surface area contributed by atoms with Gasteiger partial charge < -0.3 is 5.32 Å². The number of aromatic nitrogens is 5. The molecule has 0 atom stereocenters. The molecule has 3 heterocycles. The standard InChI is InChI=1S/C16H20N6O/c1-11(2)22-14-10-19-21(15(14)12(3)20-22)8-7-18-16(23)13-5-4-6-17-9-13/h4-6,9-11H,7-8H2,1-3H3,(H,18,23). The zero-order valence-electron chi connectivity index (χ0n) is 13.5. The first-order chi connectivity index (χ1) is 11.1. The molecular formula is C16H20N6O. The highest BCUT2D eigenvalue weighted by molar-refractivity contribution is 5.93. The minimum Gasteiger partial charge on any atom is -0.350 e. The van der Waals surface area contributed by atoms with Crippen LogP contribution >= 0.6 is 0 Å². The first kappa shape index (κ1) is 15.2. The summed E-state index contributed by atoms with van der Waals surface area (Å²) in [6.45, 7) is 7.26. The van der Waals surface area contributed by atoms with E-state index in [1.165, 1.54) is 0 Å². The second-order valence-electron chi connectivity index (χ2n) is 5.72. The number of carbonyl (C=O) groups excluding carboxylic acids is 1. The van der Waals surface area contributed by atoms with Crippen LogP contribution in [0.25, 0.3) is 11.0 Å². The van der Waals surface area contributed by atoms with Crippen LogP contribution in [-0.4, -0.2) is 37.0 Å². The molecule has 0 aromatic carbocycles. The van der Waals surface area contributed by atoms with E-state index in [0.29, 0.717) is 18.7 Å². The summed E-state index contributed by atoms with van der Waals surface area (Å²) in [5.74, 6) is -0.129. The number of aryl methyl sites for hydroxylation is 1. The molecule has 0 spiro atoms. The second kappa shape index (κ2) is 6.20. The van der Waals surface area contributed by atoms with Crippen LogP contribution in [0.15, 0.2) is 30.7 Å². The van der Waals surface area contributed by atoms with E-state index in [4.69, 9.17) is 0 Å². The van der Waals surface area contributed by atoms with Gasteiger partial charge in [-0.2, -0.15) is 10.2 Å². The van der Waals surface area contributed by atoms with Crippen LogP contribution < -0.4 is 5.32 Å². The number of pyridine rings is 1. The van der Waals surface area contributed by atoms with Gasteiger partial charge in [0.25, 0.3) is 5.91 Å². The molecule has 7 heteroatoms. The van der Waals surface area contributed by atoms with E-state index < -0.39 is 0 Å². The summed E-state index contributed by atoms with van der Waals surface area (Å²) >= 11 is 0. The van der Waals surface area contributed by atoms with E-state index in [1.807, 2.05) is 22.5 Å². The smallest absolute Gasteiger partial charge is 0.252 e. The predicted molar refractivity (Wildman–Crippen MR) is 87.2 cm³/mol. The molecule has 1 N–H and O–H groups in total. The van der Waals surface area contributed by atoms with Gasteiger partial charge in [0, 0.05) is 25.0 Å². The molecule has 0 unspecified atom stereocenters. The summed E-state index contributed by atoms with van der Waals surface area (Å²) in [7, 11) is 0. The monoisotopic (exact) mass is 312 g/mol. The highest BCUT2D eigenvalue weighted by Gasteiger charge is 2.15. The topological polar surface area (TPSA) is 77.6 Å². The molecule has 0 aliphatic rings. The largest absolute Gasteiger partial charge is 0.350 e. The van der Waals surface area contributed by atoms with Crippen molar-refractivity contribution in [2.45, 2.75) is 33.4 Å². The van der Waals surface area contributed by atoms with Gasteiger partial charge in [0.15, 0.2) is 0 Å². The molecule has 1 amide bonds. The van der Waals surface area contributed by atoms with E-state index in [2.05, 4.69) is 34.3 Å². The Labute approximate surface area is 134 Å². The molecule has 0 aliphatic carbocycles. The summed E-state index contributed by atoms with van der Waals surface area (Å²) in [4.78, 5) is 15.9. The van der Waals surface area contributed by atoms with Gasteiger partial charge in [-0.1, -0.05) is 0 Å². The normalized spacial score (nSPS) is 11.3. The maximum Gasteiger partial charge on any atom is 0.252 e. The summed E-state index contributed by atoms with van der Waals surface area (Å²) in [6.07, 6.45) is 5.03. The Kier molecular flexibility index (Phi) is 4.10. The van der Waals surface area contributed by atoms with Gasteiger partial charge in [0.05, 0.1) is 24.0 Å². The Bertz CT molecular complexity index is 818. The third kappa shape index (κ3) is 2.94. The van der Waals surface area contributed by atoms with Crippen molar-refractivity contribution < 1.29 is 4.79 Å². The van der Waals surface area contributed by atoms with Gasteiger partial charge in [-0.3, -0.25) is 19.1 Å². The highest BCUT2D eigenvalue weighted by Crippen LogP contribution is 2.20. The van der Waals surface area contributed by atoms with Gasteiger partial charge in [-0.25, -0.2) is 0 Å². The number of fused-ring (bicyclic) bond motifs is 1. The first-order valence-corrected chi connectivity index (χ1v) is 7.66. The SMILES string of the molecule is Cc1nn(C(C)C)c2cnn(CCNC(=O)c3cccnc3)c12. The lowest BCUT2D eigenvalue weighted by Crippen LogP contribution is -2.27. The van der Waals surface area contributed by atoms with Gasteiger partial charge in [0.1, 0.15) is 11.0 Å². The number of hydrogen-bond acceptors (Lipinski definition) is 4. The third-order valence-electron chi connectivity index (χ3n) is 3.69. The van der Waals surface area contributed by atoms with Crippen molar-refractivity contribution in [3.8, 4) is 0 Å². The van der Waals surface area contributed by atoms with Gasteiger partial charge >= 0.3 is 0 Å². The van der Waals surface area contributed by atoms with E-state index in [-0.39, 0.29) is 11.9 Å². The molecular weight excluding hydrogens is 292 g/mol. The van der Waals surface area contributed by atoms with Crippen molar-refractivity contribution in [3.05, 3.63) is 42.0 Å². The third-order valence-corrected chi connectivity index (χ3v) is 3.69. The molecule has 3 aromatic rings. The van der Waals surface area contributed by atoms with Gasteiger partial charge in [-0.15, -0.1) is 0 Å². The lowest BCUT2D eigenvalue weighted by atomic mass is 10.3. The highest BCUT2D eigenvalue weighted by atomic mass is 16.1. The maximum absolute atomic E-state index is 12.0. The number of hydrogen-bond donors (Lipinski definition) is 1. The van der Waals surface area contributed by atoms with Crippen molar-refractivity contribution >= 4 is 16.9 Å². The molecule has 0 saturated carbocycles. The van der Waals surface area contributed by atoms with Gasteiger partial charge in [0.2, 0.25) is 0 Å². The number of rotatable bonds is 5. The van der Waals surface area contributed by atoms with Crippen molar-refractivity contribution in [2.75, 3.05) is 6.54 Å². The number of nitrogens with one attached hydrogen (secondary N) is 1. The van der Waals surface area contributed by atoms with Crippen molar-refractivity contribution in [1.29, 1.82) is 0 Å². The van der Waals surface area contributed by atoms with E-state index in [1.54, 1.807) is 24.5 Å². The summed E-state index contributed by atoms with van der Waals surface area (Å²) in [6, 6.07) is 3.77. The molecule has 0 radical (unpaired) electrons. The fourth-order valence-corrected chi connectivity index (χ4v) is 2.62. The quantitative estimate of drug-likeness (QED) is 0.781. The fraction of sp³-hybridized carbons (Fsp3) is 0.375. The molecule has 0 aliphatic heterocycles. The van der Waals surface area contributed by atoms with Crippen LogP contribution in [0.5, 0.6) is 0 Å². The number of amides is 1. The Balaban J connectivity index is 1.70. The molecule has 7 nitrogen and oxygen atoms in total. The van der Waals surface area contributed by atoms with Crippen molar-refractivity contribution in [2.24, 2.45) is 0 Å². The lowest BCUT2D eigenvalue weighted by Gasteiger charge is -2.06. The molecule has 23 heavy (non-hydrogen) atoms. The number of nitrogens with zero attached hydrogens (tertiary/aromatic N) is 5. The summed E-state index contributed by atoms with van der Waals surface area (Å²) in [5.41, 5.74) is 3.55. The minimum atomic E-state index is -0.129. The van der Waals surface area contributed by atoms with Crippen molar-refractivity contribution in [1.82, 2.24) is 29.9 Å². The van der Waals surface area contributed by atoms with Crippen LogP contribution in [0.4, 0.5) is 0 Å². The van der Waals surface area contributed by atoms with Crippen LogP contribution in [0.1, 0.15) is 35.9 Å². The summed E-state index contributed by atoms with van der Waals surface area (Å²) in [5, 5.41) is 11.9. The summed E-state index contributed by atoms with van der Waals surface area (Å²) < 4.78 is 3.86. The Hall–Kier alpha value is -2.70. The molecule has 120 valence electrons. The lowest BCUT2D eigenvalue weighted by molar-refractivity contribution is 0.0951. The van der Waals surface area contributed by atoms with Crippen LogP contribution in [-0.2, 0) is 6.54 Å². The van der Waals surface area contributed by atoms with Crippen molar-refractivity contribution in [3.63, 3.8) is 0 Å². The maximum atomic E-state index is 12.0. The van der Waals surface area contributed by atoms with Crippen LogP contribution in [0.3, 0.4) is 0 Å². The van der Waals surface area contributed by atoms with Gasteiger partial charge in [-0.05, 0) is 32.9 Å². The number of carbonyl (C=O) groups is 1. The molecule has 0 saturated heterocycles. The first-order valence-electron chi connectivity index (χ1n) is 7.66. The van der Waals surface area contributed by atoms with E-state index >= 15 is 0 Å². The average Bonchev–Trinajstić information content (AvgIpc) is 3.10. The van der Waals surface area contributed by atoms with Crippen LogP contribution in [0.2, 0.25) is 0 Å². The molecule has 0 bridgehead atoms. The van der Waals surface area contributed by atoms with Crippen LogP contribution in [0, 0.1) is 6.92 Å². The zero-order chi connectivity index (χ0) is 16.4. The zero-order valence-corrected chi connectivity index (χ0v) is 13.5. The Morgan fingerprint density at radius 1 is 1.35 bits per heavy atom. The van der Waals surface area contributed by atoms with E-state index in [0.717, 1.165) is 16.7 Å².